The summed E-state index contributed by atoms with van der Waals surface area (Å²) in [7, 11) is 0. The molecule has 0 fully saturated rings. The van der Waals surface area contributed by atoms with Crippen molar-refractivity contribution in [2.24, 2.45) is 0 Å². The van der Waals surface area contributed by atoms with Crippen LogP contribution < -0.4 is 4.74 Å². The predicted molar refractivity (Wildman–Crippen MR) is 188 cm³/mol. The molecule has 1 aliphatic rings. The summed E-state index contributed by atoms with van der Waals surface area (Å²) in [6.07, 6.45) is 1.80. The lowest BCUT2D eigenvalue weighted by atomic mass is 9.92. The van der Waals surface area contributed by atoms with Crippen molar-refractivity contribution in [3.8, 4) is 79.2 Å². The van der Waals surface area contributed by atoms with Crippen molar-refractivity contribution in [1.82, 2.24) is 19.9 Å². The van der Waals surface area contributed by atoms with E-state index >= 15 is 0 Å². The fourth-order valence-electron chi connectivity index (χ4n) is 6.23. The Bertz CT molecular complexity index is 2400. The quantitative estimate of drug-likeness (QED) is 0.196. The molecule has 0 unspecified atom stereocenters. The Kier molecular flexibility index (Phi) is 6.39. The number of hydrogen-bond acceptors (Lipinski definition) is 5. The van der Waals surface area contributed by atoms with Gasteiger partial charge in [0.05, 0.1) is 5.69 Å². The largest absolute Gasteiger partial charge is 0.456 e. The summed E-state index contributed by atoms with van der Waals surface area (Å²) >= 11 is 0. The Hall–Kier alpha value is -6.46. The molecule has 47 heavy (non-hydrogen) atoms. The normalized spacial score (nSPS) is 11.6. The predicted octanol–water partition coefficient (Wildman–Crippen LogP) is 10.5. The van der Waals surface area contributed by atoms with Gasteiger partial charge in [-0.25, -0.2) is 15.0 Å². The second-order valence-corrected chi connectivity index (χ2v) is 11.5. The molecule has 0 atom stereocenters. The summed E-state index contributed by atoms with van der Waals surface area (Å²) in [6, 6.07) is 51.6. The van der Waals surface area contributed by atoms with Crippen LogP contribution in [0.15, 0.2) is 158 Å². The second-order valence-electron chi connectivity index (χ2n) is 11.5. The first kappa shape index (κ1) is 26.9. The van der Waals surface area contributed by atoms with Gasteiger partial charge in [-0.2, -0.15) is 0 Å². The van der Waals surface area contributed by atoms with Crippen molar-refractivity contribution in [3.05, 3.63) is 158 Å². The highest BCUT2D eigenvalue weighted by molar-refractivity contribution is 6.04. The van der Waals surface area contributed by atoms with E-state index in [2.05, 4.69) is 83.8 Å². The second kappa shape index (κ2) is 11.2. The van der Waals surface area contributed by atoms with Gasteiger partial charge in [0.1, 0.15) is 11.5 Å². The maximum absolute atomic E-state index is 6.32. The molecule has 2 aromatic heterocycles. The first-order valence-electron chi connectivity index (χ1n) is 15.5. The van der Waals surface area contributed by atoms with Crippen molar-refractivity contribution in [1.29, 1.82) is 0 Å². The molecule has 5 nitrogen and oxygen atoms in total. The minimum absolute atomic E-state index is 0.620. The van der Waals surface area contributed by atoms with Crippen molar-refractivity contribution in [2.45, 2.75) is 0 Å². The third-order valence-corrected chi connectivity index (χ3v) is 8.60. The molecule has 0 N–H and O–H groups in total. The fourth-order valence-corrected chi connectivity index (χ4v) is 6.23. The standard InChI is InChI=1S/C42H26N4O/c1-2-8-30(9-3-1)40-44-41(46-42(45-40)32-21-17-28(18-22-32)36-13-4-5-25-43-36)31-19-15-27(16-20-31)33-23-24-37-35(26-33)34-12-6-10-29-11-7-14-38(47-37)39(29)34/h1-26H. The van der Waals surface area contributed by atoms with Gasteiger partial charge in [-0.1, -0.05) is 121 Å². The number of aromatic nitrogens is 4. The number of ether oxygens (including phenoxy) is 1. The van der Waals surface area contributed by atoms with E-state index in [0.717, 1.165) is 61.5 Å². The number of hydrogen-bond donors (Lipinski definition) is 0. The molecule has 9 rings (SSSR count). The zero-order chi connectivity index (χ0) is 31.2. The summed E-state index contributed by atoms with van der Waals surface area (Å²) in [5.41, 5.74) is 9.24. The van der Waals surface area contributed by atoms with Crippen LogP contribution in [0, 0.1) is 0 Å². The van der Waals surface area contributed by atoms with Crippen LogP contribution in [-0.4, -0.2) is 19.9 Å². The van der Waals surface area contributed by atoms with Crippen LogP contribution in [0.1, 0.15) is 0 Å². The van der Waals surface area contributed by atoms with Crippen LogP contribution in [0.2, 0.25) is 0 Å². The molecule has 0 aliphatic carbocycles. The molecule has 0 radical (unpaired) electrons. The lowest BCUT2D eigenvalue weighted by molar-refractivity contribution is 0.487. The van der Waals surface area contributed by atoms with Crippen LogP contribution >= 0.6 is 0 Å². The van der Waals surface area contributed by atoms with Crippen molar-refractivity contribution in [2.75, 3.05) is 0 Å². The highest BCUT2D eigenvalue weighted by Gasteiger charge is 2.20. The lowest BCUT2D eigenvalue weighted by Crippen LogP contribution is -2.00. The molecular weight excluding hydrogens is 576 g/mol. The first-order valence-corrected chi connectivity index (χ1v) is 15.5. The number of pyridine rings is 1. The van der Waals surface area contributed by atoms with Crippen LogP contribution in [0.5, 0.6) is 11.5 Å². The average molecular weight is 603 g/mol. The summed E-state index contributed by atoms with van der Waals surface area (Å²) < 4.78 is 6.32. The molecule has 0 amide bonds. The smallest absolute Gasteiger partial charge is 0.164 e. The summed E-state index contributed by atoms with van der Waals surface area (Å²) in [4.78, 5) is 19.2. The van der Waals surface area contributed by atoms with Gasteiger partial charge < -0.3 is 4.74 Å². The maximum Gasteiger partial charge on any atom is 0.164 e. The van der Waals surface area contributed by atoms with Crippen molar-refractivity contribution in [3.63, 3.8) is 0 Å². The summed E-state index contributed by atoms with van der Waals surface area (Å²) in [6.45, 7) is 0. The number of rotatable bonds is 5. The average Bonchev–Trinajstić information content (AvgIpc) is 3.16. The van der Waals surface area contributed by atoms with Gasteiger partial charge in [0, 0.05) is 39.4 Å². The first-order chi connectivity index (χ1) is 23.3. The molecule has 6 aromatic carbocycles. The van der Waals surface area contributed by atoms with Gasteiger partial charge in [0.25, 0.3) is 0 Å². The molecule has 0 saturated heterocycles. The third kappa shape index (κ3) is 4.91. The third-order valence-electron chi connectivity index (χ3n) is 8.60. The highest BCUT2D eigenvalue weighted by atomic mass is 16.5. The van der Waals surface area contributed by atoms with E-state index in [9.17, 15) is 0 Å². The molecular formula is C42H26N4O. The van der Waals surface area contributed by atoms with E-state index in [1.807, 2.05) is 72.8 Å². The van der Waals surface area contributed by atoms with Crippen LogP contribution in [-0.2, 0) is 0 Å². The molecule has 0 bridgehead atoms. The van der Waals surface area contributed by atoms with Gasteiger partial charge in [0.15, 0.2) is 17.5 Å². The molecule has 8 aromatic rings. The monoisotopic (exact) mass is 602 g/mol. The Labute approximate surface area is 271 Å². The highest BCUT2D eigenvalue weighted by Crippen LogP contribution is 2.47. The molecule has 1 aliphatic heterocycles. The molecule has 0 spiro atoms. The van der Waals surface area contributed by atoms with Gasteiger partial charge in [-0.05, 0) is 52.4 Å². The Morgan fingerprint density at radius 2 is 0.979 bits per heavy atom. The van der Waals surface area contributed by atoms with E-state index in [0.29, 0.717) is 17.5 Å². The minimum Gasteiger partial charge on any atom is -0.456 e. The SMILES string of the molecule is c1ccc(-c2nc(-c3ccc(-c4ccc5c(c4)-c4cccc6cccc(c46)O5)cc3)nc(-c3ccc(-c4ccccn4)cc3)n2)cc1. The molecule has 0 saturated carbocycles. The number of nitrogens with zero attached hydrogens (tertiary/aromatic N) is 4. The van der Waals surface area contributed by atoms with Crippen molar-refractivity contribution >= 4 is 10.8 Å². The van der Waals surface area contributed by atoms with Gasteiger partial charge >= 0.3 is 0 Å². The van der Waals surface area contributed by atoms with Crippen LogP contribution in [0.4, 0.5) is 0 Å². The number of benzene rings is 6. The Morgan fingerprint density at radius 3 is 1.66 bits per heavy atom. The molecule has 220 valence electrons. The van der Waals surface area contributed by atoms with E-state index in [4.69, 9.17) is 19.7 Å². The number of fused-ring (bicyclic) bond motifs is 2. The summed E-state index contributed by atoms with van der Waals surface area (Å²) in [5, 5.41) is 2.33. The minimum atomic E-state index is 0.620. The van der Waals surface area contributed by atoms with Gasteiger partial charge in [-0.3, -0.25) is 4.98 Å². The van der Waals surface area contributed by atoms with Crippen LogP contribution in [0.25, 0.3) is 78.4 Å². The Morgan fingerprint density at radius 1 is 0.383 bits per heavy atom. The zero-order valence-corrected chi connectivity index (χ0v) is 25.2. The van der Waals surface area contributed by atoms with E-state index in [1.54, 1.807) is 6.20 Å². The van der Waals surface area contributed by atoms with Gasteiger partial charge in [0.2, 0.25) is 0 Å². The Balaban J connectivity index is 1.08. The van der Waals surface area contributed by atoms with E-state index in [-0.39, 0.29) is 0 Å². The zero-order valence-electron chi connectivity index (χ0n) is 25.2. The van der Waals surface area contributed by atoms with Gasteiger partial charge in [-0.15, -0.1) is 0 Å². The lowest BCUT2D eigenvalue weighted by Gasteiger charge is -2.22. The van der Waals surface area contributed by atoms with Crippen LogP contribution in [0.3, 0.4) is 0 Å². The fraction of sp³-hybridized carbons (Fsp3) is 0. The topological polar surface area (TPSA) is 60.8 Å². The van der Waals surface area contributed by atoms with E-state index < -0.39 is 0 Å². The molecule has 3 heterocycles. The molecule has 5 heteroatoms. The maximum atomic E-state index is 6.32. The van der Waals surface area contributed by atoms with Crippen molar-refractivity contribution < 1.29 is 4.74 Å². The van der Waals surface area contributed by atoms with E-state index in [1.165, 1.54) is 10.9 Å². The summed E-state index contributed by atoms with van der Waals surface area (Å²) in [5.74, 6) is 3.65.